The molecule has 0 aliphatic rings. The maximum Gasteiger partial charge on any atom is 0.255 e. The summed E-state index contributed by atoms with van der Waals surface area (Å²) in [6, 6.07) is 13.8. The maximum absolute atomic E-state index is 14.5. The van der Waals surface area contributed by atoms with Crippen LogP contribution in [0.2, 0.25) is 0 Å². The Morgan fingerprint density at radius 2 is 0.756 bits per heavy atom. The molecule has 0 fully saturated rings. The number of anilines is 4. The van der Waals surface area contributed by atoms with Crippen LogP contribution in [-0.2, 0) is 19.2 Å². The summed E-state index contributed by atoms with van der Waals surface area (Å²) in [5.74, 6) is -5.08. The number of methoxy groups -OCH3 is 1. The van der Waals surface area contributed by atoms with Crippen molar-refractivity contribution in [2.24, 2.45) is 55.1 Å². The number of rotatable bonds is 38. The van der Waals surface area contributed by atoms with Crippen LogP contribution in [0.25, 0.3) is 0 Å². The quantitative estimate of drug-likeness (QED) is 0.0173. The summed E-state index contributed by atoms with van der Waals surface area (Å²) in [5.41, 5.74) is 39.7. The van der Waals surface area contributed by atoms with Crippen molar-refractivity contribution < 1.29 is 57.3 Å². The van der Waals surface area contributed by atoms with Gasteiger partial charge in [0.2, 0.25) is 23.6 Å². The van der Waals surface area contributed by atoms with Crippen LogP contribution in [0.1, 0.15) is 127 Å². The predicted octanol–water partition coefficient (Wildman–Crippen LogP) is 2.08. The first kappa shape index (κ1) is 72.1. The number of benzene rings is 4. The second-order valence-corrected chi connectivity index (χ2v) is 20.0. The van der Waals surface area contributed by atoms with Gasteiger partial charge < -0.3 is 102 Å². The summed E-state index contributed by atoms with van der Waals surface area (Å²) in [4.78, 5) is 123. The van der Waals surface area contributed by atoms with Crippen LogP contribution in [0.15, 0.2) is 87.8 Å². The maximum atomic E-state index is 14.5. The van der Waals surface area contributed by atoms with Gasteiger partial charge in [0, 0.05) is 55.9 Å². The number of unbranched alkanes of at least 4 members (excludes halogenated alkanes) is 2. The molecule has 0 aromatic heterocycles. The minimum Gasteiger partial charge on any atom is -0.496 e. The molecule has 8 amide bonds. The molecule has 90 heavy (non-hydrogen) atoms. The Hall–Kier alpha value is -10.4. The number of amides is 8. The second kappa shape index (κ2) is 38.0. The van der Waals surface area contributed by atoms with Crippen molar-refractivity contribution >= 4 is 87.9 Å². The van der Waals surface area contributed by atoms with Crippen molar-refractivity contribution in [2.45, 2.75) is 104 Å². The third kappa shape index (κ3) is 24.4. The summed E-state index contributed by atoms with van der Waals surface area (Å²) < 4.78 is 22.8. The van der Waals surface area contributed by atoms with E-state index in [1.165, 1.54) is 68.6 Å². The van der Waals surface area contributed by atoms with E-state index in [1.807, 2.05) is 0 Å². The van der Waals surface area contributed by atoms with Gasteiger partial charge >= 0.3 is 0 Å². The Morgan fingerprint density at radius 3 is 1.07 bits per heavy atom. The molecule has 0 radical (unpaired) electrons. The smallest absolute Gasteiger partial charge is 0.255 e. The normalized spacial score (nSPS) is 11.6. The van der Waals surface area contributed by atoms with Crippen LogP contribution < -0.4 is 102 Å². The molecule has 0 aliphatic heterocycles. The number of ether oxygens (including phenoxy) is 4. The highest BCUT2D eigenvalue weighted by molar-refractivity contribution is 6.07. The number of nitrogens with one attached hydrogen (secondary N) is 8. The first-order valence-electron chi connectivity index (χ1n) is 29.4. The molecule has 0 heterocycles. The lowest BCUT2D eigenvalue weighted by atomic mass is 10.1. The van der Waals surface area contributed by atoms with Crippen LogP contribution in [-0.4, -0.2) is 143 Å². The van der Waals surface area contributed by atoms with Crippen molar-refractivity contribution in [3.05, 3.63) is 95.1 Å². The standard InChI is InChI=1S/C60H86N18O12/c1-6-88-48-24-20-38(33-41(48)51(80)68-27-11-9-10-26-61)74-55(84)44(15-12-28-69-58(62)63)76-52(81)40-32-37(18-22-47(40)87-5)73-56(85)45(16-13-29-70-59(64)65)78-54(83)43-34-39(21-25-50(43)90-8-3)75-57(86)46(17-14-30-71-60(66)67)77-53(82)42-31-36(72-35(4)79)19-23-49(42)89-7-2/h18-25,31-34,44-46H,6-17,26-30,61H2,1-5H3,(H,68,80)(H,72,79)(H,73,85)(H,74,84)(H,75,86)(H,76,81)(H,77,82)(H,78,83)(H4,62,63,69)(H4,64,65,70)(H4,66,67,71)/t44-,45?,46-/m1/s1. The summed E-state index contributed by atoms with van der Waals surface area (Å²) in [6.45, 7) is 8.34. The van der Waals surface area contributed by atoms with Gasteiger partial charge in [0.1, 0.15) is 41.1 Å². The minimum atomic E-state index is -1.30. The molecule has 0 spiro atoms. The topological polar surface area (TPSA) is 489 Å². The van der Waals surface area contributed by atoms with Crippen molar-refractivity contribution in [1.82, 2.24) is 21.3 Å². The molecule has 0 saturated carbocycles. The predicted molar refractivity (Wildman–Crippen MR) is 345 cm³/mol. The van der Waals surface area contributed by atoms with Crippen LogP contribution >= 0.6 is 0 Å². The first-order chi connectivity index (χ1) is 43.1. The van der Waals surface area contributed by atoms with Gasteiger partial charge in [-0.25, -0.2) is 0 Å². The Bertz CT molecular complexity index is 3200. The van der Waals surface area contributed by atoms with Gasteiger partial charge in [-0.05, 0) is 151 Å². The minimum absolute atomic E-state index is 0.0232. The van der Waals surface area contributed by atoms with Crippen LogP contribution in [0.3, 0.4) is 0 Å². The molecule has 3 atom stereocenters. The molecule has 4 aromatic carbocycles. The molecule has 0 saturated heterocycles. The molecule has 30 heteroatoms. The molecular weight excluding hydrogens is 1160 g/mol. The third-order valence-electron chi connectivity index (χ3n) is 13.0. The van der Waals surface area contributed by atoms with Crippen molar-refractivity contribution in [3.8, 4) is 23.0 Å². The fraction of sp³-hybridized carbons (Fsp3) is 0.417. The molecule has 4 rings (SSSR count). The van der Waals surface area contributed by atoms with Gasteiger partial charge in [0.15, 0.2) is 17.9 Å². The summed E-state index contributed by atoms with van der Waals surface area (Å²) >= 11 is 0. The van der Waals surface area contributed by atoms with Gasteiger partial charge in [0.25, 0.3) is 23.6 Å². The van der Waals surface area contributed by atoms with Crippen LogP contribution in [0, 0.1) is 0 Å². The fourth-order valence-electron chi connectivity index (χ4n) is 8.82. The number of hydrogen-bond donors (Lipinski definition) is 15. The van der Waals surface area contributed by atoms with Gasteiger partial charge in [-0.1, -0.05) is 6.42 Å². The third-order valence-corrected chi connectivity index (χ3v) is 13.0. The van der Waals surface area contributed by atoms with E-state index in [9.17, 15) is 38.4 Å². The van der Waals surface area contributed by atoms with Crippen LogP contribution in [0.5, 0.6) is 23.0 Å². The number of nitrogens with two attached hydrogens (primary N) is 7. The van der Waals surface area contributed by atoms with E-state index in [4.69, 9.17) is 59.1 Å². The number of aliphatic imine (C=N–C) groups is 3. The van der Waals surface area contributed by atoms with Gasteiger partial charge in [0.05, 0.1) is 49.2 Å². The molecule has 30 nitrogen and oxygen atoms in total. The lowest BCUT2D eigenvalue weighted by Crippen LogP contribution is -2.44. The molecular formula is C60H86N18O12. The van der Waals surface area contributed by atoms with Crippen molar-refractivity contribution in [2.75, 3.05) is 80.9 Å². The monoisotopic (exact) mass is 1250 g/mol. The number of guanidine groups is 3. The fourth-order valence-corrected chi connectivity index (χ4v) is 8.82. The summed E-state index contributed by atoms with van der Waals surface area (Å²) in [6.07, 6.45) is 3.08. The average Bonchev–Trinajstić information content (AvgIpc) is 0.961. The molecule has 4 aromatic rings. The molecule has 22 N–H and O–H groups in total. The number of hydrogen-bond acceptors (Lipinski definition) is 16. The molecule has 1 unspecified atom stereocenters. The van der Waals surface area contributed by atoms with E-state index >= 15 is 0 Å². The summed E-state index contributed by atoms with van der Waals surface area (Å²) in [7, 11) is 1.33. The van der Waals surface area contributed by atoms with Gasteiger partial charge in [-0.15, -0.1) is 0 Å². The van der Waals surface area contributed by atoms with Gasteiger partial charge in [-0.3, -0.25) is 53.3 Å². The van der Waals surface area contributed by atoms with Crippen LogP contribution in [0.4, 0.5) is 22.7 Å². The zero-order chi connectivity index (χ0) is 66.1. The number of nitrogens with zero attached hydrogens (tertiary/aromatic N) is 3. The lowest BCUT2D eigenvalue weighted by molar-refractivity contribution is -0.118. The first-order valence-corrected chi connectivity index (χ1v) is 29.4. The lowest BCUT2D eigenvalue weighted by Gasteiger charge is -2.22. The van der Waals surface area contributed by atoms with E-state index in [1.54, 1.807) is 39.0 Å². The van der Waals surface area contributed by atoms with Crippen molar-refractivity contribution in [3.63, 3.8) is 0 Å². The van der Waals surface area contributed by atoms with E-state index in [0.717, 1.165) is 12.8 Å². The van der Waals surface area contributed by atoms with E-state index in [0.29, 0.717) is 30.9 Å². The van der Waals surface area contributed by atoms with E-state index in [-0.39, 0.29) is 158 Å². The highest BCUT2D eigenvalue weighted by Crippen LogP contribution is 2.28. The Morgan fingerprint density at radius 1 is 0.433 bits per heavy atom. The Balaban J connectivity index is 1.63. The highest BCUT2D eigenvalue weighted by Gasteiger charge is 2.29. The van der Waals surface area contributed by atoms with E-state index in [2.05, 4.69) is 57.5 Å². The zero-order valence-corrected chi connectivity index (χ0v) is 51.5. The largest absolute Gasteiger partial charge is 0.496 e. The van der Waals surface area contributed by atoms with Gasteiger partial charge in [-0.2, -0.15) is 0 Å². The molecule has 488 valence electrons. The molecule has 0 bridgehead atoms. The number of carbonyl (C=O) groups excluding carboxylic acids is 8. The Labute approximate surface area is 522 Å². The summed E-state index contributed by atoms with van der Waals surface area (Å²) in [5, 5.41) is 22.1. The Kier molecular flexibility index (Phi) is 30.4. The van der Waals surface area contributed by atoms with E-state index < -0.39 is 59.5 Å². The number of carbonyl (C=O) groups is 8. The highest BCUT2D eigenvalue weighted by atomic mass is 16.5. The second-order valence-electron chi connectivity index (χ2n) is 20.0. The zero-order valence-electron chi connectivity index (χ0n) is 51.5. The van der Waals surface area contributed by atoms with Crippen molar-refractivity contribution in [1.29, 1.82) is 0 Å². The average molecular weight is 1250 g/mol. The SMILES string of the molecule is CCOc1ccc(NC(=O)[C@@H](CCCN=C(N)N)NC(=O)c2cc(NC(=O)C(CCCN=C(N)N)NC(=O)c3cc(NC(=O)[C@@H](CCCN=C(N)N)NC(=O)c4cc(NC(C)=O)ccc4OCC)ccc3OCC)ccc2OC)cc1C(=O)NCCCCCN. The molecule has 0 aliphatic carbocycles.